The number of hydrogen-bond acceptors (Lipinski definition) is 4. The summed E-state index contributed by atoms with van der Waals surface area (Å²) in [7, 11) is -3.22. The zero-order chi connectivity index (χ0) is 15.0. The molecule has 0 aliphatic heterocycles. The third kappa shape index (κ3) is 8.01. The molecule has 0 unspecified atom stereocenters. The maximum Gasteiger partial charge on any atom is 0.237 e. The molecule has 0 saturated carbocycles. The highest BCUT2D eigenvalue weighted by molar-refractivity contribution is 7.89. The molecule has 1 aromatic carbocycles. The summed E-state index contributed by atoms with van der Waals surface area (Å²) >= 11 is 0. The molecule has 1 amide bonds. The van der Waals surface area contributed by atoms with Crippen LogP contribution in [0.3, 0.4) is 0 Å². The van der Waals surface area contributed by atoms with Gasteiger partial charge in [-0.3, -0.25) is 4.79 Å². The monoisotopic (exact) mass is 335 g/mol. The van der Waals surface area contributed by atoms with Gasteiger partial charge in [-0.05, 0) is 18.9 Å². The molecular formula is C13H22ClN3O3S. The summed E-state index contributed by atoms with van der Waals surface area (Å²) in [6.45, 7) is 1.94. The second-order valence-corrected chi connectivity index (χ2v) is 6.48. The molecule has 8 heteroatoms. The second-order valence-electron chi connectivity index (χ2n) is 4.39. The van der Waals surface area contributed by atoms with E-state index in [9.17, 15) is 13.2 Å². The van der Waals surface area contributed by atoms with Crippen LogP contribution in [0.5, 0.6) is 0 Å². The Balaban J connectivity index is 0.00000400. The van der Waals surface area contributed by atoms with Crippen LogP contribution < -0.4 is 15.8 Å². The van der Waals surface area contributed by atoms with Crippen LogP contribution in [0, 0.1) is 0 Å². The van der Waals surface area contributed by atoms with Crippen molar-refractivity contribution in [2.75, 3.05) is 18.8 Å². The molecule has 1 rings (SSSR count). The van der Waals surface area contributed by atoms with Gasteiger partial charge in [0.25, 0.3) is 0 Å². The second kappa shape index (κ2) is 9.73. The van der Waals surface area contributed by atoms with E-state index in [2.05, 4.69) is 10.0 Å². The maximum atomic E-state index is 11.7. The van der Waals surface area contributed by atoms with Gasteiger partial charge in [0.05, 0.1) is 11.8 Å². The fourth-order valence-electron chi connectivity index (χ4n) is 1.59. The molecular weight excluding hydrogens is 314 g/mol. The summed E-state index contributed by atoms with van der Waals surface area (Å²) in [4.78, 5) is 11.7. The van der Waals surface area contributed by atoms with Crippen LogP contribution in [0.1, 0.15) is 12.5 Å². The van der Waals surface area contributed by atoms with E-state index in [-0.39, 0.29) is 37.2 Å². The minimum atomic E-state index is -3.22. The number of sulfonamides is 1. The highest BCUT2D eigenvalue weighted by Crippen LogP contribution is 2.01. The Morgan fingerprint density at radius 3 is 2.43 bits per heavy atom. The van der Waals surface area contributed by atoms with Gasteiger partial charge in [0.2, 0.25) is 15.9 Å². The van der Waals surface area contributed by atoms with Gasteiger partial charge in [0.1, 0.15) is 0 Å². The Bertz CT molecular complexity index is 523. The van der Waals surface area contributed by atoms with Gasteiger partial charge in [0, 0.05) is 13.1 Å². The first-order chi connectivity index (χ1) is 9.44. The Kier molecular flexibility index (Phi) is 9.19. The van der Waals surface area contributed by atoms with Crippen molar-refractivity contribution >= 4 is 28.3 Å². The summed E-state index contributed by atoms with van der Waals surface area (Å²) in [6.07, 6.45) is 0.452. The Morgan fingerprint density at radius 2 is 1.86 bits per heavy atom. The number of nitrogens with two attached hydrogens (primary N) is 1. The average Bonchev–Trinajstić information content (AvgIpc) is 2.44. The summed E-state index contributed by atoms with van der Waals surface area (Å²) in [5, 5.41) is 2.61. The first-order valence-electron chi connectivity index (χ1n) is 6.49. The van der Waals surface area contributed by atoms with Crippen LogP contribution >= 0.6 is 12.4 Å². The van der Waals surface area contributed by atoms with Gasteiger partial charge in [-0.15, -0.1) is 12.4 Å². The van der Waals surface area contributed by atoms with E-state index < -0.39 is 16.1 Å². The largest absolute Gasteiger partial charge is 0.353 e. The van der Waals surface area contributed by atoms with Crippen LogP contribution in [0.2, 0.25) is 0 Å². The number of benzene rings is 1. The zero-order valence-electron chi connectivity index (χ0n) is 11.9. The van der Waals surface area contributed by atoms with Crippen molar-refractivity contribution in [3.8, 4) is 0 Å². The molecule has 0 heterocycles. The summed E-state index contributed by atoms with van der Waals surface area (Å²) in [6, 6.07) is 8.85. The van der Waals surface area contributed by atoms with Crippen LogP contribution in [-0.2, 0) is 21.2 Å². The maximum absolute atomic E-state index is 11.7. The molecule has 120 valence electrons. The predicted octanol–water partition coefficient (Wildman–Crippen LogP) is 0.0337. The summed E-state index contributed by atoms with van der Waals surface area (Å²) < 4.78 is 24.7. The van der Waals surface area contributed by atoms with Gasteiger partial charge in [0.15, 0.2) is 0 Å². The average molecular weight is 336 g/mol. The van der Waals surface area contributed by atoms with E-state index in [0.29, 0.717) is 6.42 Å². The molecule has 1 atom stereocenters. The Hall–Kier alpha value is -1.15. The normalized spacial score (nSPS) is 12.3. The van der Waals surface area contributed by atoms with Gasteiger partial charge in [-0.25, -0.2) is 13.1 Å². The molecule has 0 radical (unpaired) electrons. The molecule has 0 spiro atoms. The molecule has 0 aliphatic carbocycles. The fraction of sp³-hybridized carbons (Fsp3) is 0.462. The minimum absolute atomic E-state index is 0. The van der Waals surface area contributed by atoms with Crippen LogP contribution in [0.15, 0.2) is 30.3 Å². The number of amides is 1. The van der Waals surface area contributed by atoms with E-state index in [0.717, 1.165) is 5.56 Å². The van der Waals surface area contributed by atoms with E-state index >= 15 is 0 Å². The lowest BCUT2D eigenvalue weighted by atomic mass is 10.1. The highest BCUT2D eigenvalue weighted by Gasteiger charge is 2.13. The number of halogens is 1. The summed E-state index contributed by atoms with van der Waals surface area (Å²) in [5.41, 5.74) is 6.78. The number of nitrogens with one attached hydrogen (secondary N) is 2. The molecule has 0 bridgehead atoms. The number of carbonyl (C=O) groups excluding carboxylic acids is 1. The van der Waals surface area contributed by atoms with E-state index in [1.165, 1.54) is 0 Å². The SMILES string of the molecule is CCS(=O)(=O)NCCNC(=O)[C@@H](N)Cc1ccccc1.Cl. The lowest BCUT2D eigenvalue weighted by Crippen LogP contribution is -2.44. The van der Waals surface area contributed by atoms with E-state index in [1.54, 1.807) is 6.92 Å². The molecule has 6 nitrogen and oxygen atoms in total. The third-order valence-electron chi connectivity index (χ3n) is 2.76. The molecule has 1 aromatic rings. The Morgan fingerprint density at radius 1 is 1.24 bits per heavy atom. The van der Waals surface area contributed by atoms with Crippen molar-refractivity contribution in [1.82, 2.24) is 10.0 Å². The zero-order valence-corrected chi connectivity index (χ0v) is 13.5. The van der Waals surface area contributed by atoms with Crippen molar-refractivity contribution in [3.63, 3.8) is 0 Å². The molecule has 0 saturated heterocycles. The van der Waals surface area contributed by atoms with Crippen molar-refractivity contribution < 1.29 is 13.2 Å². The molecule has 4 N–H and O–H groups in total. The van der Waals surface area contributed by atoms with Gasteiger partial charge in [-0.1, -0.05) is 30.3 Å². The van der Waals surface area contributed by atoms with E-state index in [4.69, 9.17) is 5.73 Å². The van der Waals surface area contributed by atoms with Crippen molar-refractivity contribution in [3.05, 3.63) is 35.9 Å². The van der Waals surface area contributed by atoms with E-state index in [1.807, 2.05) is 30.3 Å². The molecule has 0 aromatic heterocycles. The van der Waals surface area contributed by atoms with Crippen molar-refractivity contribution in [2.45, 2.75) is 19.4 Å². The highest BCUT2D eigenvalue weighted by atomic mass is 35.5. The Labute approximate surface area is 132 Å². The molecule has 0 fully saturated rings. The lowest BCUT2D eigenvalue weighted by Gasteiger charge is -2.12. The fourth-order valence-corrected chi connectivity index (χ4v) is 2.20. The number of hydrogen-bond donors (Lipinski definition) is 3. The summed E-state index contributed by atoms with van der Waals surface area (Å²) in [5.74, 6) is -0.265. The lowest BCUT2D eigenvalue weighted by molar-refractivity contribution is -0.122. The van der Waals surface area contributed by atoms with Crippen molar-refractivity contribution in [2.24, 2.45) is 5.73 Å². The van der Waals surface area contributed by atoms with Gasteiger partial charge < -0.3 is 11.1 Å². The number of carbonyl (C=O) groups is 1. The molecule has 21 heavy (non-hydrogen) atoms. The first kappa shape index (κ1) is 19.9. The predicted molar refractivity (Wildman–Crippen MR) is 85.8 cm³/mol. The van der Waals surface area contributed by atoms with Crippen molar-refractivity contribution in [1.29, 1.82) is 0 Å². The number of rotatable bonds is 8. The quantitative estimate of drug-likeness (QED) is 0.583. The first-order valence-corrected chi connectivity index (χ1v) is 8.14. The van der Waals surface area contributed by atoms with Gasteiger partial charge in [-0.2, -0.15) is 0 Å². The van der Waals surface area contributed by atoms with Gasteiger partial charge >= 0.3 is 0 Å². The topological polar surface area (TPSA) is 101 Å². The van der Waals surface area contributed by atoms with Crippen LogP contribution in [0.4, 0.5) is 0 Å². The standard InChI is InChI=1S/C13H21N3O3S.ClH/c1-2-20(18,19)16-9-8-15-13(17)12(14)10-11-6-4-3-5-7-11;/h3-7,12,16H,2,8-10,14H2,1H3,(H,15,17);1H/t12-;/m0./s1. The molecule has 0 aliphatic rings. The smallest absolute Gasteiger partial charge is 0.237 e. The third-order valence-corrected chi connectivity index (χ3v) is 4.17. The minimum Gasteiger partial charge on any atom is -0.353 e. The van der Waals surface area contributed by atoms with Crippen LogP contribution in [0.25, 0.3) is 0 Å². The van der Waals surface area contributed by atoms with Crippen LogP contribution in [-0.4, -0.2) is 39.2 Å².